The van der Waals surface area contributed by atoms with Gasteiger partial charge in [0.1, 0.15) is 0 Å². The van der Waals surface area contributed by atoms with Crippen molar-refractivity contribution in [3.8, 4) is 0 Å². The Bertz CT molecular complexity index is 609. The number of rotatable bonds is 3. The molecule has 1 fully saturated rings. The van der Waals surface area contributed by atoms with E-state index in [0.717, 1.165) is 24.2 Å². The van der Waals surface area contributed by atoms with Crippen LogP contribution >= 0.6 is 11.3 Å². The van der Waals surface area contributed by atoms with Crippen LogP contribution in [-0.4, -0.2) is 36.7 Å². The number of piperidine rings is 1. The number of nitrogens with zero attached hydrogens (tertiary/aromatic N) is 2. The van der Waals surface area contributed by atoms with E-state index in [-0.39, 0.29) is 10.1 Å². The van der Waals surface area contributed by atoms with Crippen molar-refractivity contribution in [2.24, 2.45) is 5.92 Å². The maximum absolute atomic E-state index is 12.6. The van der Waals surface area contributed by atoms with Crippen LogP contribution in [0.3, 0.4) is 0 Å². The third kappa shape index (κ3) is 3.18. The monoisotopic (exact) mass is 317 g/mol. The van der Waals surface area contributed by atoms with Crippen molar-refractivity contribution in [1.29, 1.82) is 0 Å². The molecule has 8 heteroatoms. The molecule has 0 saturated carbocycles. The fourth-order valence-corrected chi connectivity index (χ4v) is 5.50. The van der Waals surface area contributed by atoms with Gasteiger partial charge in [-0.15, -0.1) is 0 Å². The first-order valence-electron chi connectivity index (χ1n) is 6.56. The first-order chi connectivity index (χ1) is 9.30. The van der Waals surface area contributed by atoms with E-state index >= 15 is 0 Å². The second-order valence-corrected chi connectivity index (χ2v) is 8.32. The molecule has 0 aliphatic carbocycles. The molecule has 1 saturated heterocycles. The third-order valence-electron chi connectivity index (χ3n) is 3.23. The largest absolute Gasteiger partial charge is 0.302 e. The normalized spacial score (nSPS) is 20.9. The molecule has 1 amide bonds. The Morgan fingerprint density at radius 1 is 1.50 bits per heavy atom. The standard InChI is InChI=1S/C12H19N3O3S2/c1-8-5-4-6-15(7-8)20(17,18)11-9(2)13-12(19-11)14-10(3)16/h8H,4-7H2,1-3H3,(H,13,14,16)/t8-/m0/s1. The lowest BCUT2D eigenvalue weighted by Crippen LogP contribution is -2.38. The van der Waals surface area contributed by atoms with Gasteiger partial charge < -0.3 is 5.32 Å². The third-order valence-corrected chi connectivity index (χ3v) is 6.76. The van der Waals surface area contributed by atoms with Gasteiger partial charge in [0.05, 0.1) is 5.69 Å². The molecule has 20 heavy (non-hydrogen) atoms. The zero-order chi connectivity index (χ0) is 14.9. The topological polar surface area (TPSA) is 79.4 Å². The minimum absolute atomic E-state index is 0.232. The molecule has 0 radical (unpaired) electrons. The second-order valence-electron chi connectivity index (χ2n) is 5.18. The minimum atomic E-state index is -3.50. The fraction of sp³-hybridized carbons (Fsp3) is 0.667. The molecular formula is C12H19N3O3S2. The quantitative estimate of drug-likeness (QED) is 0.922. The predicted octanol–water partition coefficient (Wildman–Crippen LogP) is 1.83. The van der Waals surface area contributed by atoms with E-state index in [4.69, 9.17) is 0 Å². The van der Waals surface area contributed by atoms with Crippen molar-refractivity contribution in [1.82, 2.24) is 9.29 Å². The zero-order valence-corrected chi connectivity index (χ0v) is 13.5. The van der Waals surface area contributed by atoms with E-state index < -0.39 is 10.0 Å². The Morgan fingerprint density at radius 3 is 2.80 bits per heavy atom. The van der Waals surface area contributed by atoms with Gasteiger partial charge in [0.15, 0.2) is 9.34 Å². The van der Waals surface area contributed by atoms with Crippen molar-refractivity contribution in [3.05, 3.63) is 5.69 Å². The molecule has 2 heterocycles. The van der Waals surface area contributed by atoms with Crippen molar-refractivity contribution in [2.75, 3.05) is 18.4 Å². The Labute approximate surface area is 123 Å². The number of amides is 1. The first-order valence-corrected chi connectivity index (χ1v) is 8.81. The lowest BCUT2D eigenvalue weighted by Gasteiger charge is -2.29. The molecule has 1 aliphatic rings. The summed E-state index contributed by atoms with van der Waals surface area (Å²) in [6.07, 6.45) is 1.95. The highest BCUT2D eigenvalue weighted by molar-refractivity contribution is 7.91. The number of hydrogen-bond acceptors (Lipinski definition) is 5. The summed E-state index contributed by atoms with van der Waals surface area (Å²) in [4.78, 5) is 15.1. The molecule has 1 N–H and O–H groups in total. The van der Waals surface area contributed by atoms with Crippen LogP contribution in [0.15, 0.2) is 4.21 Å². The van der Waals surface area contributed by atoms with E-state index in [0.29, 0.717) is 29.8 Å². The van der Waals surface area contributed by atoms with Crippen LogP contribution in [0.1, 0.15) is 32.4 Å². The van der Waals surface area contributed by atoms with E-state index in [1.54, 1.807) is 6.92 Å². The Balaban J connectivity index is 2.29. The highest BCUT2D eigenvalue weighted by atomic mass is 32.2. The molecule has 1 aromatic heterocycles. The second kappa shape index (κ2) is 5.79. The summed E-state index contributed by atoms with van der Waals surface area (Å²) in [5.74, 6) is 0.121. The summed E-state index contributed by atoms with van der Waals surface area (Å²) in [7, 11) is -3.50. The summed E-state index contributed by atoms with van der Waals surface area (Å²) in [5, 5.41) is 2.87. The highest BCUT2D eigenvalue weighted by Gasteiger charge is 2.32. The molecular weight excluding hydrogens is 298 g/mol. The van der Waals surface area contributed by atoms with Crippen LogP contribution in [0.4, 0.5) is 5.13 Å². The van der Waals surface area contributed by atoms with Gasteiger partial charge in [0.25, 0.3) is 10.0 Å². The molecule has 6 nitrogen and oxygen atoms in total. The van der Waals surface area contributed by atoms with E-state index in [1.807, 2.05) is 0 Å². The predicted molar refractivity (Wildman–Crippen MR) is 78.3 cm³/mol. The van der Waals surface area contributed by atoms with Gasteiger partial charge in [-0.25, -0.2) is 13.4 Å². The fourth-order valence-electron chi connectivity index (χ4n) is 2.31. The average Bonchev–Trinajstić information content (AvgIpc) is 2.70. The number of aromatic nitrogens is 1. The van der Waals surface area contributed by atoms with Gasteiger partial charge in [-0.2, -0.15) is 4.31 Å². The van der Waals surface area contributed by atoms with Crippen molar-refractivity contribution in [2.45, 2.75) is 37.8 Å². The van der Waals surface area contributed by atoms with Crippen LogP contribution in [0.25, 0.3) is 0 Å². The summed E-state index contributed by atoms with van der Waals surface area (Å²) >= 11 is 1.02. The first kappa shape index (κ1) is 15.4. The summed E-state index contributed by atoms with van der Waals surface area (Å²) in [5.41, 5.74) is 0.442. The van der Waals surface area contributed by atoms with Gasteiger partial charge in [-0.3, -0.25) is 4.79 Å². The van der Waals surface area contributed by atoms with Crippen molar-refractivity contribution < 1.29 is 13.2 Å². The Hall–Kier alpha value is -0.990. The molecule has 1 atom stereocenters. The minimum Gasteiger partial charge on any atom is -0.302 e. The Kier molecular flexibility index (Phi) is 4.46. The van der Waals surface area contributed by atoms with Crippen molar-refractivity contribution in [3.63, 3.8) is 0 Å². The number of carbonyl (C=O) groups is 1. The highest BCUT2D eigenvalue weighted by Crippen LogP contribution is 2.31. The van der Waals surface area contributed by atoms with E-state index in [2.05, 4.69) is 17.2 Å². The van der Waals surface area contributed by atoms with Crippen LogP contribution in [-0.2, 0) is 14.8 Å². The smallest absolute Gasteiger partial charge is 0.254 e. The Morgan fingerprint density at radius 2 is 2.20 bits per heavy atom. The molecule has 1 aromatic rings. The lowest BCUT2D eigenvalue weighted by molar-refractivity contribution is -0.114. The van der Waals surface area contributed by atoms with E-state index in [1.165, 1.54) is 11.2 Å². The number of aryl methyl sites for hydroxylation is 1. The van der Waals surface area contributed by atoms with Crippen LogP contribution in [0, 0.1) is 12.8 Å². The number of hydrogen-bond donors (Lipinski definition) is 1. The zero-order valence-electron chi connectivity index (χ0n) is 11.8. The van der Waals surface area contributed by atoms with Crippen LogP contribution in [0.2, 0.25) is 0 Å². The van der Waals surface area contributed by atoms with Gasteiger partial charge >= 0.3 is 0 Å². The molecule has 0 bridgehead atoms. The van der Waals surface area contributed by atoms with Gasteiger partial charge in [0, 0.05) is 20.0 Å². The number of carbonyl (C=O) groups excluding carboxylic acids is 1. The lowest BCUT2D eigenvalue weighted by atomic mass is 10.0. The average molecular weight is 317 g/mol. The number of sulfonamides is 1. The maximum atomic E-state index is 12.6. The van der Waals surface area contributed by atoms with Gasteiger partial charge in [0.2, 0.25) is 5.91 Å². The van der Waals surface area contributed by atoms with Crippen LogP contribution < -0.4 is 5.32 Å². The van der Waals surface area contributed by atoms with E-state index in [9.17, 15) is 13.2 Å². The molecule has 0 aromatic carbocycles. The van der Waals surface area contributed by atoms with Gasteiger partial charge in [-0.05, 0) is 25.7 Å². The SMILES string of the molecule is CC(=O)Nc1nc(C)c(S(=O)(=O)N2CCC[C@H](C)C2)s1. The van der Waals surface area contributed by atoms with Crippen molar-refractivity contribution >= 4 is 32.4 Å². The number of anilines is 1. The molecule has 0 spiro atoms. The van der Waals surface area contributed by atoms with Gasteiger partial charge in [-0.1, -0.05) is 18.3 Å². The summed E-state index contributed by atoms with van der Waals surface area (Å²) in [6, 6.07) is 0. The summed E-state index contributed by atoms with van der Waals surface area (Å²) in [6.45, 7) is 6.19. The molecule has 112 valence electrons. The van der Waals surface area contributed by atoms with Crippen LogP contribution in [0.5, 0.6) is 0 Å². The number of nitrogens with one attached hydrogen (secondary N) is 1. The molecule has 2 rings (SSSR count). The number of thiazole rings is 1. The molecule has 1 aliphatic heterocycles. The maximum Gasteiger partial charge on any atom is 0.254 e. The summed E-state index contributed by atoms with van der Waals surface area (Å²) < 4.78 is 27.0. The molecule has 0 unspecified atom stereocenters.